The highest BCUT2D eigenvalue weighted by atomic mass is 35.5. The quantitative estimate of drug-likeness (QED) is 0.469. The summed E-state index contributed by atoms with van der Waals surface area (Å²) in [6, 6.07) is 17.4. The molecule has 1 saturated carbocycles. The lowest BCUT2D eigenvalue weighted by molar-refractivity contribution is -0.149. The first-order valence-corrected chi connectivity index (χ1v) is 9.79. The van der Waals surface area contributed by atoms with E-state index in [2.05, 4.69) is 0 Å². The first-order valence-electron chi connectivity index (χ1n) is 9.41. The van der Waals surface area contributed by atoms with E-state index in [0.717, 1.165) is 6.08 Å². The summed E-state index contributed by atoms with van der Waals surface area (Å²) in [5.41, 5.74) is -0.371. The van der Waals surface area contributed by atoms with Crippen LogP contribution in [0.5, 0.6) is 11.5 Å². The lowest BCUT2D eigenvalue weighted by Crippen LogP contribution is -2.14. The van der Waals surface area contributed by atoms with E-state index in [1.165, 1.54) is 0 Å². The van der Waals surface area contributed by atoms with E-state index < -0.39 is 40.5 Å². The van der Waals surface area contributed by atoms with Crippen molar-refractivity contribution < 1.29 is 27.4 Å². The van der Waals surface area contributed by atoms with Crippen molar-refractivity contribution in [1.82, 2.24) is 0 Å². The topological polar surface area (TPSA) is 59.3 Å². The van der Waals surface area contributed by atoms with Crippen molar-refractivity contribution in [1.29, 1.82) is 5.26 Å². The molecular weight excluding hydrogens is 431 g/mol. The molecule has 0 spiro atoms. The third kappa shape index (κ3) is 5.20. The van der Waals surface area contributed by atoms with Gasteiger partial charge in [-0.15, -0.1) is 0 Å². The van der Waals surface area contributed by atoms with Crippen LogP contribution in [0.3, 0.4) is 0 Å². The first kappa shape index (κ1) is 22.7. The zero-order valence-corrected chi connectivity index (χ0v) is 17.4. The van der Waals surface area contributed by atoms with Gasteiger partial charge in [-0.2, -0.15) is 18.4 Å². The minimum Gasteiger partial charge on any atom is -0.457 e. The molecule has 1 aliphatic rings. The molecule has 0 amide bonds. The molecule has 31 heavy (non-hydrogen) atoms. The fraction of sp³-hybridized carbons (Fsp3) is 0.304. The van der Waals surface area contributed by atoms with Crippen LogP contribution in [0, 0.1) is 28.6 Å². The molecule has 1 aliphatic carbocycles. The average molecular weight is 450 g/mol. The standard InChI is InChI=1S/C23H19ClF3NO3/c1-22(2)17(12-19(24)23(25,26)27)20(22)21(29)31-18(13-28)14-7-6-10-16(11-14)30-15-8-4-3-5-9-15/h3-12,17-18,20H,1-2H3/b19-12+/t17-,18?,20-/m0/s1. The molecule has 0 saturated heterocycles. The highest BCUT2D eigenvalue weighted by Gasteiger charge is 2.62. The molecule has 0 radical (unpaired) electrons. The Morgan fingerprint density at radius 2 is 1.81 bits per heavy atom. The van der Waals surface area contributed by atoms with Gasteiger partial charge in [0.15, 0.2) is 0 Å². The largest absolute Gasteiger partial charge is 0.457 e. The van der Waals surface area contributed by atoms with Crippen molar-refractivity contribution >= 4 is 17.6 Å². The van der Waals surface area contributed by atoms with Crippen LogP contribution in [-0.2, 0) is 9.53 Å². The van der Waals surface area contributed by atoms with Gasteiger partial charge in [0.1, 0.15) is 22.6 Å². The number of nitrogens with zero attached hydrogens (tertiary/aromatic N) is 1. The Balaban J connectivity index is 1.72. The Labute approximate surface area is 182 Å². The SMILES string of the molecule is CC1(C)[C@H](C(=O)OC(C#N)c2cccc(Oc3ccccc3)c2)[C@@H]1/C=C(/Cl)C(F)(F)F. The molecule has 0 aliphatic heterocycles. The minimum absolute atomic E-state index is 0.392. The summed E-state index contributed by atoms with van der Waals surface area (Å²) in [6.07, 6.45) is -5.07. The van der Waals surface area contributed by atoms with Gasteiger partial charge in [-0.25, -0.2) is 0 Å². The Morgan fingerprint density at radius 1 is 1.16 bits per heavy atom. The molecule has 0 heterocycles. The molecule has 4 nitrogen and oxygen atoms in total. The number of alkyl halides is 3. The van der Waals surface area contributed by atoms with Gasteiger partial charge in [0, 0.05) is 5.56 Å². The van der Waals surface area contributed by atoms with Gasteiger partial charge in [0.05, 0.1) is 5.92 Å². The molecule has 2 aromatic carbocycles. The van der Waals surface area contributed by atoms with Crippen LogP contribution >= 0.6 is 11.6 Å². The molecule has 8 heteroatoms. The minimum atomic E-state index is -4.68. The summed E-state index contributed by atoms with van der Waals surface area (Å²) in [4.78, 5) is 12.6. The van der Waals surface area contributed by atoms with Crippen molar-refractivity contribution in [2.75, 3.05) is 0 Å². The summed E-state index contributed by atoms with van der Waals surface area (Å²) in [6.45, 7) is 3.30. The summed E-state index contributed by atoms with van der Waals surface area (Å²) >= 11 is 5.32. The monoisotopic (exact) mass is 449 g/mol. The van der Waals surface area contributed by atoms with Crippen LogP contribution in [0.2, 0.25) is 0 Å². The second kappa shape index (κ2) is 8.64. The molecule has 1 fully saturated rings. The zero-order chi connectivity index (χ0) is 22.8. The predicted octanol–water partition coefficient (Wildman–Crippen LogP) is 6.54. The summed E-state index contributed by atoms with van der Waals surface area (Å²) in [5.74, 6) is -1.27. The van der Waals surface area contributed by atoms with Gasteiger partial charge in [0.25, 0.3) is 0 Å². The molecule has 3 atom stereocenters. The lowest BCUT2D eigenvalue weighted by atomic mass is 10.1. The molecule has 162 valence electrons. The molecule has 3 rings (SSSR count). The van der Waals surface area contributed by atoms with Crippen molar-refractivity contribution in [3.05, 3.63) is 71.3 Å². The fourth-order valence-electron chi connectivity index (χ4n) is 3.42. The van der Waals surface area contributed by atoms with Gasteiger partial charge in [-0.3, -0.25) is 4.79 Å². The summed E-state index contributed by atoms with van der Waals surface area (Å²) in [5, 5.41) is 8.23. The number of ether oxygens (including phenoxy) is 2. The maximum atomic E-state index is 12.7. The summed E-state index contributed by atoms with van der Waals surface area (Å²) < 4.78 is 49.2. The van der Waals surface area contributed by atoms with E-state index in [-0.39, 0.29) is 0 Å². The van der Waals surface area contributed by atoms with Gasteiger partial charge in [-0.1, -0.05) is 61.9 Å². The van der Waals surface area contributed by atoms with Crippen LogP contribution < -0.4 is 4.74 Å². The number of rotatable bonds is 6. The Hall–Kier alpha value is -2.98. The summed E-state index contributed by atoms with van der Waals surface area (Å²) in [7, 11) is 0. The van der Waals surface area contributed by atoms with Crippen molar-refractivity contribution in [3.8, 4) is 17.6 Å². The van der Waals surface area contributed by atoms with E-state index in [9.17, 15) is 23.2 Å². The number of esters is 1. The van der Waals surface area contributed by atoms with E-state index in [1.807, 2.05) is 24.3 Å². The maximum absolute atomic E-state index is 12.7. The number of carbonyl (C=O) groups is 1. The maximum Gasteiger partial charge on any atom is 0.426 e. The number of carbonyl (C=O) groups excluding carboxylic acids is 1. The van der Waals surface area contributed by atoms with Crippen LogP contribution in [-0.4, -0.2) is 12.1 Å². The number of halogens is 4. The van der Waals surface area contributed by atoms with E-state index >= 15 is 0 Å². The van der Waals surface area contributed by atoms with Crippen molar-refractivity contribution in [2.24, 2.45) is 17.3 Å². The van der Waals surface area contributed by atoms with Gasteiger partial charge < -0.3 is 9.47 Å². The Kier molecular flexibility index (Phi) is 6.33. The molecular formula is C23H19ClF3NO3. The molecule has 2 aromatic rings. The zero-order valence-electron chi connectivity index (χ0n) is 16.7. The van der Waals surface area contributed by atoms with E-state index in [1.54, 1.807) is 50.2 Å². The first-order chi connectivity index (χ1) is 14.5. The third-order valence-electron chi connectivity index (χ3n) is 5.25. The number of allylic oxidation sites excluding steroid dienone is 2. The normalized spacial score (nSPS) is 21.0. The van der Waals surface area contributed by atoms with Crippen LogP contribution in [0.15, 0.2) is 65.7 Å². The van der Waals surface area contributed by atoms with E-state index in [0.29, 0.717) is 17.1 Å². The average Bonchev–Trinajstić information content (AvgIpc) is 3.26. The Morgan fingerprint density at radius 3 is 2.42 bits per heavy atom. The van der Waals surface area contributed by atoms with Gasteiger partial charge >= 0.3 is 12.1 Å². The third-order valence-corrected chi connectivity index (χ3v) is 5.59. The predicted molar refractivity (Wildman–Crippen MR) is 108 cm³/mol. The molecule has 0 aromatic heterocycles. The number of hydrogen-bond donors (Lipinski definition) is 0. The van der Waals surface area contributed by atoms with Crippen molar-refractivity contribution in [2.45, 2.75) is 26.1 Å². The van der Waals surface area contributed by atoms with Gasteiger partial charge in [-0.05, 0) is 35.6 Å². The lowest BCUT2D eigenvalue weighted by Gasteiger charge is -2.13. The highest BCUT2D eigenvalue weighted by Crippen LogP contribution is 2.60. The fourth-order valence-corrected chi connectivity index (χ4v) is 3.55. The highest BCUT2D eigenvalue weighted by molar-refractivity contribution is 6.30. The smallest absolute Gasteiger partial charge is 0.426 e. The second-order valence-corrected chi connectivity index (χ2v) is 8.18. The Bertz CT molecular complexity index is 1030. The number of nitriles is 1. The molecule has 0 N–H and O–H groups in total. The molecule has 1 unspecified atom stereocenters. The van der Waals surface area contributed by atoms with Crippen LogP contribution in [0.25, 0.3) is 0 Å². The number of benzene rings is 2. The van der Waals surface area contributed by atoms with Crippen LogP contribution in [0.4, 0.5) is 13.2 Å². The second-order valence-electron chi connectivity index (χ2n) is 7.77. The van der Waals surface area contributed by atoms with Crippen molar-refractivity contribution in [3.63, 3.8) is 0 Å². The van der Waals surface area contributed by atoms with E-state index in [4.69, 9.17) is 21.1 Å². The molecule has 0 bridgehead atoms. The number of hydrogen-bond acceptors (Lipinski definition) is 4. The van der Waals surface area contributed by atoms with Crippen LogP contribution in [0.1, 0.15) is 25.5 Å². The van der Waals surface area contributed by atoms with Gasteiger partial charge in [0.2, 0.25) is 6.10 Å². The number of para-hydroxylation sites is 1.